The minimum atomic E-state index is -4.00. The maximum atomic E-state index is 12.1. The van der Waals surface area contributed by atoms with Gasteiger partial charge in [0.25, 0.3) is 10.1 Å². The lowest BCUT2D eigenvalue weighted by Crippen LogP contribution is -2.21. The quantitative estimate of drug-likeness (QED) is 0.462. The van der Waals surface area contributed by atoms with Gasteiger partial charge in [-0.05, 0) is 30.5 Å². The van der Waals surface area contributed by atoms with E-state index in [-0.39, 0.29) is 10.3 Å². The molecule has 2 aromatic rings. The van der Waals surface area contributed by atoms with Crippen molar-refractivity contribution in [1.29, 1.82) is 0 Å². The number of esters is 1. The Bertz CT molecular complexity index is 846. The average molecular weight is 362 g/mol. The van der Waals surface area contributed by atoms with Gasteiger partial charge in [0.15, 0.2) is 6.61 Å². The van der Waals surface area contributed by atoms with Crippen LogP contribution in [0.5, 0.6) is 5.75 Å². The van der Waals surface area contributed by atoms with Crippen LogP contribution in [0.2, 0.25) is 0 Å². The smallest absolute Gasteiger partial charge is 0.339 e. The van der Waals surface area contributed by atoms with Gasteiger partial charge in [0.1, 0.15) is 5.75 Å². The fourth-order valence-corrected chi connectivity index (χ4v) is 3.08. The highest BCUT2D eigenvalue weighted by atomic mass is 32.2. The van der Waals surface area contributed by atoms with E-state index in [0.29, 0.717) is 5.75 Å². The standard InChI is InChI=1S/C19H22O5S/c1-14-9-11-15(12-10-14)25(21,22)23-13-18(20)24-17-8-6-5-7-16(17)19(2,3)4/h5-12H,13H2,1-4H3. The zero-order valence-corrected chi connectivity index (χ0v) is 15.6. The van der Waals surface area contributed by atoms with Crippen LogP contribution < -0.4 is 4.74 Å². The molecule has 0 aliphatic rings. The van der Waals surface area contributed by atoms with Crippen molar-refractivity contribution in [2.24, 2.45) is 0 Å². The van der Waals surface area contributed by atoms with Crippen molar-refractivity contribution in [3.05, 3.63) is 59.7 Å². The first-order valence-electron chi connectivity index (χ1n) is 7.86. The van der Waals surface area contributed by atoms with Gasteiger partial charge in [-0.25, -0.2) is 4.79 Å². The maximum absolute atomic E-state index is 12.1. The van der Waals surface area contributed by atoms with Gasteiger partial charge in [-0.3, -0.25) is 4.18 Å². The number of hydrogen-bond acceptors (Lipinski definition) is 5. The second-order valence-electron chi connectivity index (χ2n) is 6.75. The Morgan fingerprint density at radius 3 is 2.20 bits per heavy atom. The molecule has 0 saturated heterocycles. The highest BCUT2D eigenvalue weighted by Crippen LogP contribution is 2.31. The number of ether oxygens (including phenoxy) is 1. The van der Waals surface area contributed by atoms with Crippen LogP contribution in [0.4, 0.5) is 0 Å². The molecule has 0 aromatic heterocycles. The molecule has 2 rings (SSSR count). The molecule has 0 fully saturated rings. The molecule has 0 radical (unpaired) electrons. The van der Waals surface area contributed by atoms with Gasteiger partial charge in [0.05, 0.1) is 4.90 Å². The van der Waals surface area contributed by atoms with Crippen molar-refractivity contribution in [3.8, 4) is 5.75 Å². The largest absolute Gasteiger partial charge is 0.424 e. The SMILES string of the molecule is Cc1ccc(S(=O)(=O)OCC(=O)Oc2ccccc2C(C)(C)C)cc1. The van der Waals surface area contributed by atoms with Crippen LogP contribution >= 0.6 is 0 Å². The van der Waals surface area contributed by atoms with E-state index in [1.807, 2.05) is 39.8 Å². The first kappa shape index (κ1) is 19.1. The van der Waals surface area contributed by atoms with E-state index in [0.717, 1.165) is 11.1 Å². The molecule has 0 bridgehead atoms. The molecule has 6 heteroatoms. The molecule has 0 heterocycles. The summed E-state index contributed by atoms with van der Waals surface area (Å²) in [6.07, 6.45) is 0. The number of para-hydroxylation sites is 1. The van der Waals surface area contributed by atoms with Crippen LogP contribution in [0.25, 0.3) is 0 Å². The normalized spacial score (nSPS) is 12.0. The predicted octanol–water partition coefficient (Wildman–Crippen LogP) is 3.60. The summed E-state index contributed by atoms with van der Waals surface area (Å²) < 4.78 is 34.3. The maximum Gasteiger partial charge on any atom is 0.339 e. The Morgan fingerprint density at radius 2 is 1.60 bits per heavy atom. The minimum Gasteiger partial charge on any atom is -0.424 e. The Kier molecular flexibility index (Phi) is 5.65. The van der Waals surface area contributed by atoms with Crippen LogP contribution in [0, 0.1) is 6.92 Å². The lowest BCUT2D eigenvalue weighted by atomic mass is 9.86. The van der Waals surface area contributed by atoms with Gasteiger partial charge in [-0.15, -0.1) is 0 Å². The van der Waals surface area contributed by atoms with E-state index in [9.17, 15) is 13.2 Å². The average Bonchev–Trinajstić information content (AvgIpc) is 2.53. The lowest BCUT2D eigenvalue weighted by molar-refractivity contribution is -0.136. The first-order chi connectivity index (χ1) is 11.6. The summed E-state index contributed by atoms with van der Waals surface area (Å²) >= 11 is 0. The monoisotopic (exact) mass is 362 g/mol. The van der Waals surface area contributed by atoms with Crippen molar-refractivity contribution in [2.75, 3.05) is 6.61 Å². The minimum absolute atomic E-state index is 0.000918. The van der Waals surface area contributed by atoms with Gasteiger partial charge in [-0.1, -0.05) is 56.7 Å². The van der Waals surface area contributed by atoms with Crippen LogP contribution in [-0.2, 0) is 24.5 Å². The third-order valence-corrected chi connectivity index (χ3v) is 4.84. The van der Waals surface area contributed by atoms with Gasteiger partial charge in [0, 0.05) is 5.56 Å². The third-order valence-electron chi connectivity index (χ3n) is 3.56. The Morgan fingerprint density at radius 1 is 1.00 bits per heavy atom. The van der Waals surface area contributed by atoms with Crippen LogP contribution in [-0.4, -0.2) is 21.0 Å². The number of carbonyl (C=O) groups excluding carboxylic acids is 1. The van der Waals surface area contributed by atoms with Crippen molar-refractivity contribution >= 4 is 16.1 Å². The first-order valence-corrected chi connectivity index (χ1v) is 9.27. The number of rotatable bonds is 5. The summed E-state index contributed by atoms with van der Waals surface area (Å²) in [6.45, 7) is 7.16. The van der Waals surface area contributed by atoms with Crippen LogP contribution in [0.15, 0.2) is 53.4 Å². The van der Waals surface area contributed by atoms with Gasteiger partial charge in [0.2, 0.25) is 0 Å². The van der Waals surface area contributed by atoms with Crippen LogP contribution in [0.1, 0.15) is 31.9 Å². The number of aryl methyl sites for hydroxylation is 1. The summed E-state index contributed by atoms with van der Waals surface area (Å²) in [5.41, 5.74) is 1.56. The molecule has 0 amide bonds. The molecule has 0 saturated carbocycles. The molecule has 0 atom stereocenters. The summed E-state index contributed by atoms with van der Waals surface area (Å²) in [5, 5.41) is 0. The fourth-order valence-electron chi connectivity index (χ4n) is 2.23. The number of hydrogen-bond donors (Lipinski definition) is 0. The zero-order chi connectivity index (χ0) is 18.7. The summed E-state index contributed by atoms with van der Waals surface area (Å²) in [4.78, 5) is 12.0. The number of carbonyl (C=O) groups is 1. The molecule has 2 aromatic carbocycles. The Balaban J connectivity index is 2.06. The predicted molar refractivity (Wildman–Crippen MR) is 95.1 cm³/mol. The lowest BCUT2D eigenvalue weighted by Gasteiger charge is -2.21. The molecule has 5 nitrogen and oxygen atoms in total. The molecule has 0 spiro atoms. The highest BCUT2D eigenvalue weighted by Gasteiger charge is 2.22. The van der Waals surface area contributed by atoms with E-state index in [1.54, 1.807) is 24.3 Å². The zero-order valence-electron chi connectivity index (χ0n) is 14.8. The molecule has 0 aliphatic heterocycles. The van der Waals surface area contributed by atoms with Crippen molar-refractivity contribution in [2.45, 2.75) is 38.0 Å². The second kappa shape index (κ2) is 7.37. The molecular formula is C19H22O5S. The summed E-state index contributed by atoms with van der Waals surface area (Å²) in [7, 11) is -4.00. The van der Waals surface area contributed by atoms with E-state index in [1.165, 1.54) is 12.1 Å². The van der Waals surface area contributed by atoms with Gasteiger partial charge in [-0.2, -0.15) is 8.42 Å². The molecule has 0 unspecified atom stereocenters. The second-order valence-corrected chi connectivity index (χ2v) is 8.36. The Labute approximate surface area is 148 Å². The third kappa shape index (κ3) is 5.14. The van der Waals surface area contributed by atoms with Crippen LogP contribution in [0.3, 0.4) is 0 Å². The van der Waals surface area contributed by atoms with Gasteiger partial charge < -0.3 is 4.74 Å². The molecule has 0 aliphatic carbocycles. The van der Waals surface area contributed by atoms with Crippen molar-refractivity contribution in [3.63, 3.8) is 0 Å². The summed E-state index contributed by atoms with van der Waals surface area (Å²) in [6, 6.07) is 13.3. The molecule has 0 N–H and O–H groups in total. The summed E-state index contributed by atoms with van der Waals surface area (Å²) in [5.74, 6) is -0.372. The van der Waals surface area contributed by atoms with E-state index >= 15 is 0 Å². The number of benzene rings is 2. The Hall–Kier alpha value is -2.18. The highest BCUT2D eigenvalue weighted by molar-refractivity contribution is 7.86. The fraction of sp³-hybridized carbons (Fsp3) is 0.316. The van der Waals surface area contributed by atoms with E-state index in [4.69, 9.17) is 8.92 Å². The van der Waals surface area contributed by atoms with Crippen molar-refractivity contribution < 1.29 is 22.1 Å². The van der Waals surface area contributed by atoms with Crippen molar-refractivity contribution in [1.82, 2.24) is 0 Å². The van der Waals surface area contributed by atoms with E-state index in [2.05, 4.69) is 0 Å². The molecule has 134 valence electrons. The molecular weight excluding hydrogens is 340 g/mol. The topological polar surface area (TPSA) is 69.7 Å². The molecule has 25 heavy (non-hydrogen) atoms. The van der Waals surface area contributed by atoms with Gasteiger partial charge >= 0.3 is 5.97 Å². The van der Waals surface area contributed by atoms with E-state index < -0.39 is 22.7 Å².